The molecule has 25 heavy (non-hydrogen) atoms. The summed E-state index contributed by atoms with van der Waals surface area (Å²) in [6, 6.07) is 3.76. The summed E-state index contributed by atoms with van der Waals surface area (Å²) in [5.74, 6) is 0.611. The molecule has 130 valence electrons. The van der Waals surface area contributed by atoms with Gasteiger partial charge in [0.05, 0.1) is 11.8 Å². The van der Waals surface area contributed by atoms with Gasteiger partial charge in [-0.25, -0.2) is 15.0 Å². The standard InChI is InChI=1S/C17H19N5O2S/c1-3-8-18-16(24)11-9-19-17(25-2)22-15(11)21-13-7-5-10-4-6-12(23)14(10)20-13/h3,5,7,9,12,23H,1,4,6,8H2,2H3,(H,18,24)(H,19,20,21,22). The van der Waals surface area contributed by atoms with Crippen LogP contribution in [0.5, 0.6) is 0 Å². The fraction of sp³-hybridized carbons (Fsp3) is 0.294. The van der Waals surface area contributed by atoms with Gasteiger partial charge in [0.1, 0.15) is 17.2 Å². The average molecular weight is 357 g/mol. The molecule has 0 aliphatic heterocycles. The number of pyridine rings is 1. The number of hydrogen-bond donors (Lipinski definition) is 3. The minimum absolute atomic E-state index is 0.295. The lowest BCUT2D eigenvalue weighted by Crippen LogP contribution is -2.24. The number of aliphatic hydroxyl groups is 1. The molecule has 2 aromatic rings. The molecule has 0 radical (unpaired) electrons. The maximum atomic E-state index is 12.3. The molecule has 0 saturated carbocycles. The predicted molar refractivity (Wildman–Crippen MR) is 97.1 cm³/mol. The molecule has 1 unspecified atom stereocenters. The number of anilines is 2. The fourth-order valence-corrected chi connectivity index (χ4v) is 2.95. The first-order valence-corrected chi connectivity index (χ1v) is 9.10. The zero-order valence-electron chi connectivity index (χ0n) is 13.8. The van der Waals surface area contributed by atoms with Crippen LogP contribution < -0.4 is 10.6 Å². The number of amides is 1. The van der Waals surface area contributed by atoms with Crippen LogP contribution in [0.25, 0.3) is 0 Å². The van der Waals surface area contributed by atoms with E-state index >= 15 is 0 Å². The van der Waals surface area contributed by atoms with Crippen molar-refractivity contribution in [3.63, 3.8) is 0 Å². The Labute approximate surface area is 150 Å². The van der Waals surface area contributed by atoms with Gasteiger partial charge in [0.2, 0.25) is 0 Å². The van der Waals surface area contributed by atoms with Crippen molar-refractivity contribution < 1.29 is 9.90 Å². The number of thioether (sulfide) groups is 1. The average Bonchev–Trinajstić information content (AvgIpc) is 3.00. The van der Waals surface area contributed by atoms with E-state index in [2.05, 4.69) is 32.2 Å². The monoisotopic (exact) mass is 357 g/mol. The number of hydrogen-bond acceptors (Lipinski definition) is 7. The molecule has 3 rings (SSSR count). The van der Waals surface area contributed by atoms with Crippen LogP contribution >= 0.6 is 11.8 Å². The zero-order chi connectivity index (χ0) is 17.8. The molecule has 0 aromatic carbocycles. The molecule has 3 N–H and O–H groups in total. The first-order chi connectivity index (χ1) is 12.1. The molecule has 0 spiro atoms. The second-order valence-electron chi connectivity index (χ2n) is 5.54. The molecule has 1 aliphatic carbocycles. The third kappa shape index (κ3) is 3.80. The number of carbonyl (C=O) groups excluding carboxylic acids is 1. The molecule has 1 aliphatic rings. The number of nitrogens with zero attached hydrogens (tertiary/aromatic N) is 3. The Hall–Kier alpha value is -2.45. The van der Waals surface area contributed by atoms with E-state index in [9.17, 15) is 9.90 Å². The molecule has 7 nitrogen and oxygen atoms in total. The Kier molecular flexibility index (Phi) is 5.30. The van der Waals surface area contributed by atoms with E-state index < -0.39 is 6.10 Å². The summed E-state index contributed by atoms with van der Waals surface area (Å²) in [5.41, 5.74) is 2.05. The highest BCUT2D eigenvalue weighted by Crippen LogP contribution is 2.31. The van der Waals surface area contributed by atoms with Gasteiger partial charge in [-0.05, 0) is 30.7 Å². The van der Waals surface area contributed by atoms with Gasteiger partial charge in [-0.3, -0.25) is 4.79 Å². The summed E-state index contributed by atoms with van der Waals surface area (Å²) in [6.45, 7) is 3.94. The summed E-state index contributed by atoms with van der Waals surface area (Å²) < 4.78 is 0. The van der Waals surface area contributed by atoms with Gasteiger partial charge in [0, 0.05) is 12.7 Å². The first-order valence-electron chi connectivity index (χ1n) is 7.87. The number of aliphatic hydroxyl groups excluding tert-OH is 1. The number of carbonyl (C=O) groups is 1. The van der Waals surface area contributed by atoms with Gasteiger partial charge in [-0.15, -0.1) is 6.58 Å². The van der Waals surface area contributed by atoms with E-state index in [-0.39, 0.29) is 5.91 Å². The Bertz CT molecular complexity index is 812. The van der Waals surface area contributed by atoms with Crippen molar-refractivity contribution in [2.75, 3.05) is 18.1 Å². The quantitative estimate of drug-likeness (QED) is 0.414. The minimum Gasteiger partial charge on any atom is -0.387 e. The van der Waals surface area contributed by atoms with E-state index in [1.807, 2.05) is 18.4 Å². The van der Waals surface area contributed by atoms with Gasteiger partial charge in [0.15, 0.2) is 5.16 Å². The van der Waals surface area contributed by atoms with Crippen LogP contribution in [0.4, 0.5) is 11.6 Å². The highest BCUT2D eigenvalue weighted by molar-refractivity contribution is 7.98. The van der Waals surface area contributed by atoms with Crippen LogP contribution in [-0.4, -0.2) is 38.8 Å². The van der Waals surface area contributed by atoms with Crippen molar-refractivity contribution >= 4 is 29.3 Å². The normalized spacial score (nSPS) is 15.5. The Morgan fingerprint density at radius 3 is 3.08 bits per heavy atom. The second kappa shape index (κ2) is 7.62. The summed E-state index contributed by atoms with van der Waals surface area (Å²) in [4.78, 5) is 25.3. The van der Waals surface area contributed by atoms with Gasteiger partial charge < -0.3 is 15.7 Å². The van der Waals surface area contributed by atoms with Crippen molar-refractivity contribution in [1.29, 1.82) is 0 Å². The minimum atomic E-state index is -0.542. The smallest absolute Gasteiger partial charge is 0.256 e. The van der Waals surface area contributed by atoms with Crippen molar-refractivity contribution in [3.05, 3.63) is 47.8 Å². The highest BCUT2D eigenvalue weighted by atomic mass is 32.2. The molecule has 0 saturated heterocycles. The molecule has 2 heterocycles. The lowest BCUT2D eigenvalue weighted by Gasteiger charge is -2.12. The lowest BCUT2D eigenvalue weighted by atomic mass is 10.2. The molecule has 1 atom stereocenters. The topological polar surface area (TPSA) is 100 Å². The van der Waals surface area contributed by atoms with Crippen molar-refractivity contribution in [3.8, 4) is 0 Å². The lowest BCUT2D eigenvalue weighted by molar-refractivity contribution is 0.0958. The third-order valence-electron chi connectivity index (χ3n) is 3.86. The molecule has 1 amide bonds. The zero-order valence-corrected chi connectivity index (χ0v) is 14.6. The van der Waals surface area contributed by atoms with Crippen molar-refractivity contribution in [2.45, 2.75) is 24.1 Å². The van der Waals surface area contributed by atoms with Gasteiger partial charge in [-0.2, -0.15) is 0 Å². The van der Waals surface area contributed by atoms with Crippen LogP contribution in [0, 0.1) is 0 Å². The molecular formula is C17H19N5O2S. The summed E-state index contributed by atoms with van der Waals surface area (Å²) in [7, 11) is 0. The predicted octanol–water partition coefficient (Wildman–Crippen LogP) is 2.23. The maximum Gasteiger partial charge on any atom is 0.256 e. The van der Waals surface area contributed by atoms with Crippen LogP contribution in [-0.2, 0) is 6.42 Å². The number of fused-ring (bicyclic) bond motifs is 1. The number of aromatic nitrogens is 3. The molecule has 2 aromatic heterocycles. The fourth-order valence-electron chi connectivity index (χ4n) is 2.61. The molecular weight excluding hydrogens is 338 g/mol. The number of rotatable bonds is 6. The number of aryl methyl sites for hydroxylation is 1. The number of nitrogens with one attached hydrogen (secondary N) is 2. The van der Waals surface area contributed by atoms with E-state index in [0.717, 1.165) is 12.0 Å². The second-order valence-corrected chi connectivity index (χ2v) is 6.31. The highest BCUT2D eigenvalue weighted by Gasteiger charge is 2.22. The first kappa shape index (κ1) is 17.4. The van der Waals surface area contributed by atoms with Gasteiger partial charge in [0.25, 0.3) is 5.91 Å². The van der Waals surface area contributed by atoms with E-state index in [1.165, 1.54) is 18.0 Å². The Morgan fingerprint density at radius 2 is 2.32 bits per heavy atom. The van der Waals surface area contributed by atoms with Gasteiger partial charge in [-0.1, -0.05) is 23.9 Å². The van der Waals surface area contributed by atoms with E-state index in [4.69, 9.17) is 0 Å². The largest absolute Gasteiger partial charge is 0.387 e. The van der Waals surface area contributed by atoms with Gasteiger partial charge >= 0.3 is 0 Å². The molecule has 0 bridgehead atoms. The summed E-state index contributed by atoms with van der Waals surface area (Å²) >= 11 is 1.38. The maximum absolute atomic E-state index is 12.3. The SMILES string of the molecule is C=CCNC(=O)c1cnc(SC)nc1Nc1ccc2c(n1)C(O)CC2. The molecule has 0 fully saturated rings. The van der Waals surface area contributed by atoms with Crippen LogP contribution in [0.1, 0.15) is 34.1 Å². The van der Waals surface area contributed by atoms with Crippen LogP contribution in [0.2, 0.25) is 0 Å². The third-order valence-corrected chi connectivity index (χ3v) is 4.42. The van der Waals surface area contributed by atoms with Crippen LogP contribution in [0.15, 0.2) is 36.1 Å². The molecule has 8 heteroatoms. The van der Waals surface area contributed by atoms with Crippen molar-refractivity contribution in [2.24, 2.45) is 0 Å². The van der Waals surface area contributed by atoms with Crippen LogP contribution in [0.3, 0.4) is 0 Å². The summed E-state index contributed by atoms with van der Waals surface area (Å²) in [6.07, 6.45) is 5.92. The Balaban J connectivity index is 1.91. The summed E-state index contributed by atoms with van der Waals surface area (Å²) in [5, 5.41) is 16.3. The van der Waals surface area contributed by atoms with E-state index in [1.54, 1.807) is 6.08 Å². The van der Waals surface area contributed by atoms with Crippen molar-refractivity contribution in [1.82, 2.24) is 20.3 Å². The Morgan fingerprint density at radius 1 is 1.48 bits per heavy atom. The van der Waals surface area contributed by atoms with E-state index in [0.29, 0.717) is 41.0 Å².